The summed E-state index contributed by atoms with van der Waals surface area (Å²) >= 11 is 0. The van der Waals surface area contributed by atoms with Gasteiger partial charge in [0.15, 0.2) is 0 Å². The zero-order valence-corrected chi connectivity index (χ0v) is 11.9. The number of rotatable bonds is 4. The Bertz CT molecular complexity index is 869. The zero-order valence-electron chi connectivity index (χ0n) is 11.1. The Labute approximate surface area is 121 Å². The van der Waals surface area contributed by atoms with Gasteiger partial charge in [-0.2, -0.15) is 8.42 Å². The van der Waals surface area contributed by atoms with Crippen molar-refractivity contribution >= 4 is 21.2 Å². The first-order chi connectivity index (χ1) is 10.1. The Kier molecular flexibility index (Phi) is 3.26. The maximum atomic E-state index is 12.2. The lowest BCUT2D eigenvalue weighted by Crippen LogP contribution is -2.09. The summed E-state index contributed by atoms with van der Waals surface area (Å²) in [7, 11) is -2.36. The second-order valence-corrected chi connectivity index (χ2v) is 5.84. The van der Waals surface area contributed by atoms with Crippen molar-refractivity contribution in [2.24, 2.45) is 0 Å². The average molecular weight is 304 g/mol. The van der Waals surface area contributed by atoms with Crippen LogP contribution in [0.4, 0.5) is 0 Å². The summed E-state index contributed by atoms with van der Waals surface area (Å²) < 4.78 is 34.6. The second-order valence-electron chi connectivity index (χ2n) is 4.29. The Morgan fingerprint density at radius 2 is 1.76 bits per heavy atom. The highest BCUT2D eigenvalue weighted by atomic mass is 32.2. The zero-order chi connectivity index (χ0) is 14.9. The van der Waals surface area contributed by atoms with E-state index in [1.54, 1.807) is 18.2 Å². The molecule has 0 aliphatic rings. The van der Waals surface area contributed by atoms with Crippen LogP contribution in [0.3, 0.4) is 0 Å². The van der Waals surface area contributed by atoms with E-state index in [4.69, 9.17) is 8.92 Å². The molecular weight excluding hydrogens is 292 g/mol. The number of imidazole rings is 1. The van der Waals surface area contributed by atoms with Gasteiger partial charge in [-0.25, -0.2) is 4.98 Å². The van der Waals surface area contributed by atoms with Crippen LogP contribution in [0.25, 0.3) is 11.0 Å². The Balaban J connectivity index is 1.91. The van der Waals surface area contributed by atoms with Gasteiger partial charge in [-0.15, -0.1) is 0 Å². The third kappa shape index (κ3) is 2.68. The molecule has 3 aromatic rings. The van der Waals surface area contributed by atoms with Crippen LogP contribution in [0.15, 0.2) is 53.7 Å². The van der Waals surface area contributed by atoms with Crippen LogP contribution in [-0.4, -0.2) is 25.5 Å². The predicted octanol–water partition coefficient (Wildman–Crippen LogP) is 2.34. The number of nitrogens with zero attached hydrogens (tertiary/aromatic N) is 1. The van der Waals surface area contributed by atoms with Crippen LogP contribution in [-0.2, 0) is 10.1 Å². The summed E-state index contributed by atoms with van der Waals surface area (Å²) in [6.07, 6.45) is 1.51. The van der Waals surface area contributed by atoms with E-state index >= 15 is 0 Å². The minimum Gasteiger partial charge on any atom is -0.497 e. The van der Waals surface area contributed by atoms with Gasteiger partial charge in [-0.1, -0.05) is 0 Å². The van der Waals surface area contributed by atoms with Crippen molar-refractivity contribution in [2.45, 2.75) is 4.90 Å². The summed E-state index contributed by atoms with van der Waals surface area (Å²) in [5.41, 5.74) is 1.33. The number of hydrogen-bond donors (Lipinski definition) is 1. The average Bonchev–Trinajstić information content (AvgIpc) is 2.95. The lowest BCUT2D eigenvalue weighted by Gasteiger charge is -2.07. The van der Waals surface area contributed by atoms with Crippen LogP contribution in [0.5, 0.6) is 11.5 Å². The van der Waals surface area contributed by atoms with Gasteiger partial charge in [0.2, 0.25) is 0 Å². The van der Waals surface area contributed by atoms with E-state index in [9.17, 15) is 8.42 Å². The smallest absolute Gasteiger partial charge is 0.339 e. The van der Waals surface area contributed by atoms with Crippen LogP contribution < -0.4 is 8.92 Å². The van der Waals surface area contributed by atoms with E-state index in [1.165, 1.54) is 37.7 Å². The number of aromatic nitrogens is 2. The molecule has 7 heteroatoms. The summed E-state index contributed by atoms with van der Waals surface area (Å²) in [4.78, 5) is 6.97. The molecular formula is C14H12N2O4S. The fraction of sp³-hybridized carbons (Fsp3) is 0.0714. The van der Waals surface area contributed by atoms with Crippen LogP contribution in [0.2, 0.25) is 0 Å². The molecule has 21 heavy (non-hydrogen) atoms. The molecule has 108 valence electrons. The first-order valence-corrected chi connectivity index (χ1v) is 7.51. The van der Waals surface area contributed by atoms with Crippen molar-refractivity contribution in [3.8, 4) is 11.5 Å². The molecule has 1 aromatic heterocycles. The molecule has 0 atom stereocenters. The monoisotopic (exact) mass is 304 g/mol. The molecule has 0 fully saturated rings. The van der Waals surface area contributed by atoms with E-state index in [-0.39, 0.29) is 10.6 Å². The molecule has 0 saturated heterocycles. The third-order valence-corrected chi connectivity index (χ3v) is 4.19. The lowest BCUT2D eigenvalue weighted by molar-refractivity contribution is 0.413. The SMILES string of the molecule is COc1ccc(OS(=O)(=O)c2ccc3nc[nH]c3c2)cc1. The van der Waals surface area contributed by atoms with Crippen molar-refractivity contribution in [3.05, 3.63) is 48.8 Å². The first-order valence-electron chi connectivity index (χ1n) is 6.10. The molecule has 0 amide bonds. The van der Waals surface area contributed by atoms with Crippen LogP contribution in [0, 0.1) is 0 Å². The van der Waals surface area contributed by atoms with Crippen molar-refractivity contribution < 1.29 is 17.3 Å². The standard InChI is InChI=1S/C14H12N2O4S/c1-19-10-2-4-11(5-3-10)20-21(17,18)12-6-7-13-14(8-12)16-9-15-13/h2-9H,1H3,(H,15,16). The highest BCUT2D eigenvalue weighted by Crippen LogP contribution is 2.23. The van der Waals surface area contributed by atoms with E-state index in [1.807, 2.05) is 0 Å². The molecule has 0 saturated carbocycles. The highest BCUT2D eigenvalue weighted by molar-refractivity contribution is 7.87. The molecule has 0 aliphatic heterocycles. The first kappa shape index (κ1) is 13.4. The number of H-pyrrole nitrogens is 1. The largest absolute Gasteiger partial charge is 0.497 e. The maximum absolute atomic E-state index is 12.2. The summed E-state index contributed by atoms with van der Waals surface area (Å²) in [5, 5.41) is 0. The number of fused-ring (bicyclic) bond motifs is 1. The Morgan fingerprint density at radius 1 is 1.05 bits per heavy atom. The Morgan fingerprint density at radius 3 is 2.48 bits per heavy atom. The van der Waals surface area contributed by atoms with Gasteiger partial charge in [0.05, 0.1) is 24.5 Å². The van der Waals surface area contributed by atoms with Crippen LogP contribution in [0.1, 0.15) is 0 Å². The molecule has 6 nitrogen and oxygen atoms in total. The van der Waals surface area contributed by atoms with Gasteiger partial charge in [0.1, 0.15) is 16.4 Å². The lowest BCUT2D eigenvalue weighted by atomic mass is 10.3. The summed E-state index contributed by atoms with van der Waals surface area (Å²) in [5.74, 6) is 0.846. The fourth-order valence-electron chi connectivity index (χ4n) is 1.88. The van der Waals surface area contributed by atoms with E-state index in [0.29, 0.717) is 16.8 Å². The minimum atomic E-state index is -3.89. The van der Waals surface area contributed by atoms with Crippen molar-refractivity contribution in [3.63, 3.8) is 0 Å². The minimum absolute atomic E-state index is 0.0649. The van der Waals surface area contributed by atoms with Gasteiger partial charge in [0.25, 0.3) is 0 Å². The van der Waals surface area contributed by atoms with Gasteiger partial charge >= 0.3 is 10.1 Å². The molecule has 0 aliphatic carbocycles. The number of aromatic amines is 1. The van der Waals surface area contributed by atoms with Gasteiger partial charge in [-0.05, 0) is 42.5 Å². The molecule has 2 aromatic carbocycles. The number of methoxy groups -OCH3 is 1. The molecule has 0 spiro atoms. The number of nitrogens with one attached hydrogen (secondary N) is 1. The third-order valence-electron chi connectivity index (χ3n) is 2.95. The molecule has 1 heterocycles. The number of ether oxygens (including phenoxy) is 1. The van der Waals surface area contributed by atoms with Gasteiger partial charge in [0, 0.05) is 0 Å². The molecule has 0 bridgehead atoms. The quantitative estimate of drug-likeness (QED) is 0.748. The van der Waals surface area contributed by atoms with E-state index in [0.717, 1.165) is 0 Å². The molecule has 1 N–H and O–H groups in total. The fourth-order valence-corrected chi connectivity index (χ4v) is 2.83. The second kappa shape index (κ2) is 5.10. The van der Waals surface area contributed by atoms with Crippen molar-refractivity contribution in [2.75, 3.05) is 7.11 Å². The van der Waals surface area contributed by atoms with Crippen LogP contribution >= 0.6 is 0 Å². The summed E-state index contributed by atoms with van der Waals surface area (Å²) in [6.45, 7) is 0. The van der Waals surface area contributed by atoms with Crippen molar-refractivity contribution in [1.29, 1.82) is 0 Å². The molecule has 0 unspecified atom stereocenters. The number of hydrogen-bond acceptors (Lipinski definition) is 5. The summed E-state index contributed by atoms with van der Waals surface area (Å²) in [6, 6.07) is 10.9. The van der Waals surface area contributed by atoms with Crippen molar-refractivity contribution in [1.82, 2.24) is 9.97 Å². The highest BCUT2D eigenvalue weighted by Gasteiger charge is 2.17. The van der Waals surface area contributed by atoms with Gasteiger partial charge < -0.3 is 13.9 Å². The Hall–Kier alpha value is -2.54. The predicted molar refractivity (Wildman–Crippen MR) is 76.9 cm³/mol. The molecule has 0 radical (unpaired) electrons. The number of benzene rings is 2. The molecule has 3 rings (SSSR count). The normalized spacial score (nSPS) is 11.5. The van der Waals surface area contributed by atoms with Gasteiger partial charge in [-0.3, -0.25) is 0 Å². The maximum Gasteiger partial charge on any atom is 0.339 e. The topological polar surface area (TPSA) is 81.3 Å². The van der Waals surface area contributed by atoms with E-state index < -0.39 is 10.1 Å². The van der Waals surface area contributed by atoms with E-state index in [2.05, 4.69) is 9.97 Å².